The summed E-state index contributed by atoms with van der Waals surface area (Å²) >= 11 is 0. The first kappa shape index (κ1) is 22.1. The smallest absolute Gasteiger partial charge is 0.435 e. The minimum atomic E-state index is -4.58. The van der Waals surface area contributed by atoms with Gasteiger partial charge < -0.3 is 9.30 Å². The number of nitrogens with zero attached hydrogens (tertiary/aromatic N) is 5. The Balaban J connectivity index is 1.40. The van der Waals surface area contributed by atoms with Gasteiger partial charge in [0.2, 0.25) is 0 Å². The molecule has 3 aromatic heterocycles. The van der Waals surface area contributed by atoms with E-state index >= 15 is 0 Å². The summed E-state index contributed by atoms with van der Waals surface area (Å²) in [6, 6.07) is 9.39. The van der Waals surface area contributed by atoms with E-state index in [1.807, 2.05) is 21.9 Å². The maximum absolute atomic E-state index is 13.2. The lowest BCUT2D eigenvalue weighted by Gasteiger charge is -2.27. The van der Waals surface area contributed by atoms with Crippen molar-refractivity contribution in [1.82, 2.24) is 29.9 Å². The Labute approximate surface area is 194 Å². The quantitative estimate of drug-likeness (QED) is 0.422. The van der Waals surface area contributed by atoms with Gasteiger partial charge in [0.15, 0.2) is 5.69 Å². The van der Waals surface area contributed by atoms with E-state index < -0.39 is 11.9 Å². The van der Waals surface area contributed by atoms with Crippen LogP contribution in [0.25, 0.3) is 22.6 Å². The van der Waals surface area contributed by atoms with Crippen LogP contribution in [0.4, 0.5) is 13.2 Å². The number of H-pyrrole nitrogens is 1. The topological polar surface area (TPSA) is 81.5 Å². The van der Waals surface area contributed by atoms with Crippen molar-refractivity contribution in [2.75, 3.05) is 6.61 Å². The zero-order valence-corrected chi connectivity index (χ0v) is 18.7. The van der Waals surface area contributed by atoms with E-state index in [-0.39, 0.29) is 17.2 Å². The minimum absolute atomic E-state index is 0.264. The highest BCUT2D eigenvalue weighted by Gasteiger charge is 2.37. The van der Waals surface area contributed by atoms with Crippen molar-refractivity contribution in [1.29, 1.82) is 0 Å². The van der Waals surface area contributed by atoms with Crippen LogP contribution in [-0.2, 0) is 12.7 Å². The number of imidazole rings is 1. The highest BCUT2D eigenvalue weighted by Crippen LogP contribution is 2.37. The van der Waals surface area contributed by atoms with Gasteiger partial charge in [0.05, 0.1) is 18.6 Å². The molecule has 0 saturated heterocycles. The molecule has 1 aromatic carbocycles. The molecule has 0 amide bonds. The summed E-state index contributed by atoms with van der Waals surface area (Å²) in [5, 5.41) is 8.88. The van der Waals surface area contributed by atoms with Gasteiger partial charge in [-0.3, -0.25) is 10.1 Å². The number of pyridine rings is 1. The van der Waals surface area contributed by atoms with E-state index in [0.717, 1.165) is 12.2 Å². The lowest BCUT2D eigenvalue weighted by molar-refractivity contribution is -0.140. The molecule has 1 atom stereocenters. The average Bonchev–Trinajstić information content (AvgIpc) is 3.49. The first-order valence-electron chi connectivity index (χ1n) is 11.0. The van der Waals surface area contributed by atoms with Crippen molar-refractivity contribution < 1.29 is 17.9 Å². The van der Waals surface area contributed by atoms with Crippen molar-refractivity contribution in [2.45, 2.75) is 44.8 Å². The third-order valence-corrected chi connectivity index (χ3v) is 6.06. The summed E-state index contributed by atoms with van der Waals surface area (Å²) < 4.78 is 47.6. The maximum Gasteiger partial charge on any atom is 0.435 e. The Bertz CT molecular complexity index is 1310. The Kier molecular flexibility index (Phi) is 5.59. The standard InChI is InChI=1S/C24H23F3N6O/c1-14(2)15-3-4-21-18(9-15)17(6-8-34-21)11-33-12-20(29-13-33)19-10-16(5-7-28-19)22-23(24(25,26)27)31-32-30-22/h3-5,7,9-10,12-14,17H,6,8,11H2,1-2H3,(H,30,31,32)/t17-/m1/s1. The first-order chi connectivity index (χ1) is 16.3. The van der Waals surface area contributed by atoms with Crippen molar-refractivity contribution in [3.05, 3.63) is 65.9 Å². The van der Waals surface area contributed by atoms with Crippen LogP contribution in [0.15, 0.2) is 49.1 Å². The summed E-state index contributed by atoms with van der Waals surface area (Å²) in [4.78, 5) is 8.75. The van der Waals surface area contributed by atoms with Crippen LogP contribution in [0, 0.1) is 0 Å². The molecular formula is C24H23F3N6O. The number of nitrogens with one attached hydrogen (secondary N) is 1. The fourth-order valence-corrected chi connectivity index (χ4v) is 4.23. The Hall–Kier alpha value is -3.69. The van der Waals surface area contributed by atoms with Gasteiger partial charge >= 0.3 is 6.18 Å². The number of fused-ring (bicyclic) bond motifs is 1. The number of rotatable bonds is 5. The molecule has 0 bridgehead atoms. The van der Waals surface area contributed by atoms with Crippen molar-refractivity contribution in [2.24, 2.45) is 0 Å². The molecule has 0 radical (unpaired) electrons. The molecule has 1 aliphatic rings. The third kappa shape index (κ3) is 4.27. The first-order valence-corrected chi connectivity index (χ1v) is 11.0. The Morgan fingerprint density at radius 3 is 2.79 bits per heavy atom. The number of benzene rings is 1. The van der Waals surface area contributed by atoms with E-state index in [1.165, 1.54) is 23.4 Å². The van der Waals surface area contributed by atoms with Crippen molar-refractivity contribution >= 4 is 0 Å². The number of alkyl halides is 3. The van der Waals surface area contributed by atoms with Crippen LogP contribution in [-0.4, -0.2) is 36.6 Å². The summed E-state index contributed by atoms with van der Waals surface area (Å²) in [5.74, 6) is 1.62. The summed E-state index contributed by atoms with van der Waals surface area (Å²) in [6.07, 6.45) is 1.34. The molecule has 5 rings (SSSR count). The zero-order valence-electron chi connectivity index (χ0n) is 18.7. The van der Waals surface area contributed by atoms with Gasteiger partial charge in [0.1, 0.15) is 17.1 Å². The molecule has 1 N–H and O–H groups in total. The van der Waals surface area contributed by atoms with E-state index in [9.17, 15) is 13.2 Å². The molecule has 1 aliphatic heterocycles. The molecule has 34 heavy (non-hydrogen) atoms. The van der Waals surface area contributed by atoms with E-state index in [2.05, 4.69) is 46.3 Å². The second kappa shape index (κ2) is 8.58. The summed E-state index contributed by atoms with van der Waals surface area (Å²) in [7, 11) is 0. The number of ether oxygens (including phenoxy) is 1. The van der Waals surface area contributed by atoms with E-state index in [0.29, 0.717) is 30.5 Å². The molecule has 4 aromatic rings. The number of halogens is 3. The van der Waals surface area contributed by atoms with Crippen LogP contribution >= 0.6 is 0 Å². The highest BCUT2D eigenvalue weighted by atomic mass is 19.4. The van der Waals surface area contributed by atoms with Crippen molar-refractivity contribution in [3.8, 4) is 28.4 Å². The molecule has 0 fully saturated rings. The van der Waals surface area contributed by atoms with Crippen molar-refractivity contribution in [3.63, 3.8) is 0 Å². The molecule has 176 valence electrons. The van der Waals surface area contributed by atoms with Crippen LogP contribution in [0.5, 0.6) is 5.75 Å². The number of aromatic nitrogens is 6. The second-order valence-electron chi connectivity index (χ2n) is 8.70. The van der Waals surface area contributed by atoms with Gasteiger partial charge in [0.25, 0.3) is 0 Å². The zero-order chi connectivity index (χ0) is 23.9. The molecular weight excluding hydrogens is 445 g/mol. The summed E-state index contributed by atoms with van der Waals surface area (Å²) in [6.45, 7) is 5.70. The molecule has 0 aliphatic carbocycles. The van der Waals surface area contributed by atoms with Crippen LogP contribution in [0.1, 0.15) is 48.9 Å². The number of hydrogen-bond acceptors (Lipinski definition) is 5. The molecule has 4 heterocycles. The van der Waals surface area contributed by atoms with Gasteiger partial charge in [-0.25, -0.2) is 4.98 Å². The second-order valence-corrected chi connectivity index (χ2v) is 8.70. The van der Waals surface area contributed by atoms with Gasteiger partial charge in [0, 0.05) is 30.4 Å². The Morgan fingerprint density at radius 1 is 1.15 bits per heavy atom. The monoisotopic (exact) mass is 468 g/mol. The lowest BCUT2D eigenvalue weighted by Crippen LogP contribution is -2.18. The fourth-order valence-electron chi connectivity index (χ4n) is 4.23. The molecule has 0 unspecified atom stereocenters. The predicted octanol–water partition coefficient (Wildman–Crippen LogP) is 5.44. The molecule has 0 saturated carbocycles. The van der Waals surface area contributed by atoms with Gasteiger partial charge in [-0.2, -0.15) is 13.2 Å². The van der Waals surface area contributed by atoms with Gasteiger partial charge in [-0.1, -0.05) is 31.2 Å². The highest BCUT2D eigenvalue weighted by molar-refractivity contribution is 5.67. The number of aromatic amines is 1. The fraction of sp³-hybridized carbons (Fsp3) is 0.333. The summed E-state index contributed by atoms with van der Waals surface area (Å²) in [5.41, 5.74) is 2.50. The molecule has 7 nitrogen and oxygen atoms in total. The maximum atomic E-state index is 13.2. The van der Waals surface area contributed by atoms with Gasteiger partial charge in [-0.15, -0.1) is 5.10 Å². The predicted molar refractivity (Wildman–Crippen MR) is 119 cm³/mol. The Morgan fingerprint density at radius 2 is 2.00 bits per heavy atom. The average molecular weight is 468 g/mol. The third-order valence-electron chi connectivity index (χ3n) is 6.06. The minimum Gasteiger partial charge on any atom is -0.493 e. The molecule has 0 spiro atoms. The molecule has 10 heteroatoms. The lowest BCUT2D eigenvalue weighted by atomic mass is 9.89. The van der Waals surface area contributed by atoms with Crippen LogP contribution in [0.2, 0.25) is 0 Å². The van der Waals surface area contributed by atoms with Crippen LogP contribution in [0.3, 0.4) is 0 Å². The van der Waals surface area contributed by atoms with Gasteiger partial charge in [-0.05, 0) is 41.7 Å². The SMILES string of the molecule is CC(C)c1ccc2c(c1)[C@@H](Cn1cnc(-c3cc(-c4nn[nH]c4C(F)(F)F)ccn3)c1)CCO2. The van der Waals surface area contributed by atoms with E-state index in [4.69, 9.17) is 4.74 Å². The number of hydrogen-bond donors (Lipinski definition) is 1. The van der Waals surface area contributed by atoms with Crippen LogP contribution < -0.4 is 4.74 Å². The normalized spacial score (nSPS) is 15.9. The largest absolute Gasteiger partial charge is 0.493 e. The van der Waals surface area contributed by atoms with E-state index in [1.54, 1.807) is 12.4 Å².